The quantitative estimate of drug-likeness (QED) is 0.269. The summed E-state index contributed by atoms with van der Waals surface area (Å²) in [7, 11) is 3.39. The molecular formula is C24H35NO7. The molecule has 1 saturated carbocycles. The van der Waals surface area contributed by atoms with Gasteiger partial charge in [0.15, 0.2) is 12.8 Å². The minimum Gasteiger partial charge on any atom is -0.482 e. The Morgan fingerprint density at radius 3 is 2.78 bits per heavy atom. The average Bonchev–Trinajstić information content (AvgIpc) is 3.18. The van der Waals surface area contributed by atoms with Gasteiger partial charge in [-0.05, 0) is 80.5 Å². The molecule has 2 aliphatic rings. The topological polar surface area (TPSA) is 103 Å². The predicted molar refractivity (Wildman–Crippen MR) is 118 cm³/mol. The average molecular weight is 450 g/mol. The van der Waals surface area contributed by atoms with Crippen molar-refractivity contribution >= 4 is 11.9 Å². The predicted octanol–water partition coefficient (Wildman–Crippen LogP) is 2.42. The van der Waals surface area contributed by atoms with Gasteiger partial charge in [0, 0.05) is 7.11 Å². The van der Waals surface area contributed by atoms with Crippen LogP contribution < -0.4 is 10.1 Å². The van der Waals surface area contributed by atoms with Crippen molar-refractivity contribution in [1.82, 2.24) is 5.32 Å². The number of rotatable bonds is 13. The second-order valence-electron chi connectivity index (χ2n) is 8.64. The molecule has 1 fully saturated rings. The second-order valence-corrected chi connectivity index (χ2v) is 8.64. The van der Waals surface area contributed by atoms with Crippen molar-refractivity contribution in [3.05, 3.63) is 29.3 Å². The summed E-state index contributed by atoms with van der Waals surface area (Å²) < 4.78 is 21.2. The first-order chi connectivity index (χ1) is 15.5. The summed E-state index contributed by atoms with van der Waals surface area (Å²) in [5.41, 5.74) is 2.44. The molecule has 0 aliphatic heterocycles. The highest BCUT2D eigenvalue weighted by molar-refractivity contribution is 5.70. The number of carbonyl (C=O) groups is 2. The van der Waals surface area contributed by atoms with Gasteiger partial charge in [-0.1, -0.05) is 12.1 Å². The molecule has 0 saturated heterocycles. The largest absolute Gasteiger partial charge is 0.482 e. The monoisotopic (exact) mass is 449 g/mol. The Kier molecular flexibility index (Phi) is 9.32. The van der Waals surface area contributed by atoms with Crippen molar-refractivity contribution in [1.29, 1.82) is 0 Å². The molecule has 4 atom stereocenters. The van der Waals surface area contributed by atoms with Crippen molar-refractivity contribution in [2.75, 3.05) is 40.6 Å². The lowest BCUT2D eigenvalue weighted by molar-refractivity contribution is -0.156. The fraction of sp³-hybridized carbons (Fsp3) is 0.667. The Labute approximate surface area is 189 Å². The molecule has 0 heterocycles. The molecule has 8 heteroatoms. The minimum atomic E-state index is -0.960. The van der Waals surface area contributed by atoms with Gasteiger partial charge in [-0.25, -0.2) is 9.59 Å². The molecule has 4 unspecified atom stereocenters. The lowest BCUT2D eigenvalue weighted by atomic mass is 9.73. The number of hydrogen-bond acceptors (Lipinski definition) is 7. The summed E-state index contributed by atoms with van der Waals surface area (Å²) in [4.78, 5) is 22.9. The molecule has 0 aromatic heterocycles. The summed E-state index contributed by atoms with van der Waals surface area (Å²) in [5, 5.41) is 12.0. The Hall–Kier alpha value is -2.16. The highest BCUT2D eigenvalue weighted by Crippen LogP contribution is 2.48. The second kappa shape index (κ2) is 12.2. The minimum absolute atomic E-state index is 0.0707. The van der Waals surface area contributed by atoms with Gasteiger partial charge >= 0.3 is 11.9 Å². The molecule has 32 heavy (non-hydrogen) atoms. The number of ether oxygens (including phenoxy) is 4. The van der Waals surface area contributed by atoms with Crippen LogP contribution in [0.2, 0.25) is 0 Å². The highest BCUT2D eigenvalue weighted by Gasteiger charge is 2.40. The van der Waals surface area contributed by atoms with E-state index in [1.54, 1.807) is 14.2 Å². The van der Waals surface area contributed by atoms with Crippen molar-refractivity contribution in [2.45, 2.75) is 44.8 Å². The van der Waals surface area contributed by atoms with Crippen molar-refractivity contribution in [2.24, 2.45) is 17.8 Å². The van der Waals surface area contributed by atoms with E-state index in [2.05, 4.69) is 11.4 Å². The van der Waals surface area contributed by atoms with E-state index < -0.39 is 5.97 Å². The van der Waals surface area contributed by atoms with Gasteiger partial charge in [-0.3, -0.25) is 5.32 Å². The SMILES string of the molecule is CNC(CCC1CCC2Cc3c(cccc3OCC(=O)O)CC12)OC(=O)COCCOC. The number of benzene rings is 1. The van der Waals surface area contributed by atoms with Crippen LogP contribution in [-0.2, 0) is 36.6 Å². The number of carboxylic acid groups (broad SMARTS) is 1. The zero-order chi connectivity index (χ0) is 22.9. The number of aliphatic carboxylic acids is 1. The van der Waals surface area contributed by atoms with E-state index in [0.29, 0.717) is 36.7 Å². The third-order valence-corrected chi connectivity index (χ3v) is 6.67. The number of carbonyl (C=O) groups excluding carboxylic acids is 1. The molecule has 0 spiro atoms. The number of hydrogen-bond donors (Lipinski definition) is 2. The van der Waals surface area contributed by atoms with Gasteiger partial charge in [-0.15, -0.1) is 0 Å². The van der Waals surface area contributed by atoms with Gasteiger partial charge in [0.05, 0.1) is 13.2 Å². The fourth-order valence-corrected chi connectivity index (χ4v) is 5.13. The molecule has 0 radical (unpaired) electrons. The smallest absolute Gasteiger partial charge is 0.341 e. The summed E-state index contributed by atoms with van der Waals surface area (Å²) >= 11 is 0. The standard InChI is InChI=1S/C24H35NO7/c1-25-22(32-24(28)15-30-11-10-29-2)9-8-16-6-7-18-13-20-17(12-19(16)18)4-3-5-21(20)31-14-23(26)27/h3-5,16,18-19,22,25H,6-15H2,1-2H3,(H,26,27). The zero-order valence-corrected chi connectivity index (χ0v) is 19.0. The zero-order valence-electron chi connectivity index (χ0n) is 19.0. The Morgan fingerprint density at radius 1 is 1.19 bits per heavy atom. The van der Waals surface area contributed by atoms with Gasteiger partial charge in [0.2, 0.25) is 0 Å². The Bertz CT molecular complexity index is 769. The van der Waals surface area contributed by atoms with Crippen LogP contribution in [0.25, 0.3) is 0 Å². The first-order valence-corrected chi connectivity index (χ1v) is 11.4. The molecular weight excluding hydrogens is 414 g/mol. The van der Waals surface area contributed by atoms with E-state index >= 15 is 0 Å². The maximum atomic E-state index is 12.0. The van der Waals surface area contributed by atoms with E-state index in [0.717, 1.165) is 25.7 Å². The number of esters is 1. The van der Waals surface area contributed by atoms with Crippen LogP contribution in [0.5, 0.6) is 5.75 Å². The van der Waals surface area contributed by atoms with E-state index in [4.69, 9.17) is 24.1 Å². The highest BCUT2D eigenvalue weighted by atomic mass is 16.6. The van der Waals surface area contributed by atoms with E-state index in [9.17, 15) is 9.59 Å². The summed E-state index contributed by atoms with van der Waals surface area (Å²) in [5.74, 6) is 1.16. The van der Waals surface area contributed by atoms with Crippen LogP contribution in [0, 0.1) is 17.8 Å². The van der Waals surface area contributed by atoms with Gasteiger partial charge < -0.3 is 24.1 Å². The van der Waals surface area contributed by atoms with Crippen LogP contribution in [0.4, 0.5) is 0 Å². The molecule has 1 aromatic rings. The van der Waals surface area contributed by atoms with E-state index in [1.807, 2.05) is 12.1 Å². The van der Waals surface area contributed by atoms with Crippen molar-refractivity contribution < 1.29 is 33.6 Å². The van der Waals surface area contributed by atoms with E-state index in [1.165, 1.54) is 24.0 Å². The number of carboxylic acids is 1. The lowest BCUT2D eigenvalue weighted by Crippen LogP contribution is -2.33. The Morgan fingerprint density at radius 2 is 2.03 bits per heavy atom. The molecule has 8 nitrogen and oxygen atoms in total. The first-order valence-electron chi connectivity index (χ1n) is 11.4. The summed E-state index contributed by atoms with van der Waals surface area (Å²) in [6.07, 6.45) is 5.71. The fourth-order valence-electron chi connectivity index (χ4n) is 5.13. The Balaban J connectivity index is 1.51. The van der Waals surface area contributed by atoms with Gasteiger partial charge in [-0.2, -0.15) is 0 Å². The lowest BCUT2D eigenvalue weighted by Gasteiger charge is -2.32. The molecule has 3 rings (SSSR count). The van der Waals surface area contributed by atoms with Gasteiger partial charge in [0.1, 0.15) is 12.4 Å². The maximum absolute atomic E-state index is 12.0. The molecule has 1 aromatic carbocycles. The number of fused-ring (bicyclic) bond motifs is 2. The molecule has 178 valence electrons. The molecule has 0 bridgehead atoms. The van der Waals surface area contributed by atoms with Crippen LogP contribution in [0.3, 0.4) is 0 Å². The summed E-state index contributed by atoms with van der Waals surface area (Å²) in [6.45, 7) is 0.433. The van der Waals surface area contributed by atoms with Crippen LogP contribution in [0.15, 0.2) is 18.2 Å². The molecule has 0 amide bonds. The van der Waals surface area contributed by atoms with E-state index in [-0.39, 0.29) is 25.4 Å². The molecule has 2 aliphatic carbocycles. The van der Waals surface area contributed by atoms with Gasteiger partial charge in [0.25, 0.3) is 0 Å². The third kappa shape index (κ3) is 6.67. The van der Waals surface area contributed by atoms with Crippen LogP contribution in [-0.4, -0.2) is 63.9 Å². The molecule has 2 N–H and O–H groups in total. The van der Waals surface area contributed by atoms with Crippen molar-refractivity contribution in [3.8, 4) is 5.75 Å². The normalized spacial score (nSPS) is 22.6. The van der Waals surface area contributed by atoms with Crippen molar-refractivity contribution in [3.63, 3.8) is 0 Å². The first kappa shape index (κ1) is 24.5. The summed E-state index contributed by atoms with van der Waals surface area (Å²) in [6, 6.07) is 5.96. The third-order valence-electron chi connectivity index (χ3n) is 6.67. The van der Waals surface area contributed by atoms with Crippen LogP contribution >= 0.6 is 0 Å². The number of nitrogens with one attached hydrogen (secondary N) is 1. The van der Waals surface area contributed by atoms with Crippen LogP contribution in [0.1, 0.15) is 36.8 Å². The number of methoxy groups -OCH3 is 1. The maximum Gasteiger partial charge on any atom is 0.341 e.